The van der Waals surface area contributed by atoms with Gasteiger partial charge in [0, 0.05) is 0 Å². The summed E-state index contributed by atoms with van der Waals surface area (Å²) < 4.78 is 6.07. The second-order valence-electron chi connectivity index (χ2n) is 8.12. The van der Waals surface area contributed by atoms with Crippen LogP contribution in [0, 0.1) is 30.1 Å². The first-order valence-electron chi connectivity index (χ1n) is 8.98. The maximum atomic E-state index is 6.07. The Morgan fingerprint density at radius 3 is 2.24 bits per heavy atom. The molecule has 1 N–H and O–H groups in total. The molecule has 1 atom stereocenters. The van der Waals surface area contributed by atoms with E-state index in [1.54, 1.807) is 0 Å². The van der Waals surface area contributed by atoms with Gasteiger partial charge in [0.15, 0.2) is 0 Å². The largest absolute Gasteiger partial charge is 0.465 e. The molecule has 0 radical (unpaired) electrons. The van der Waals surface area contributed by atoms with Crippen molar-refractivity contribution in [3.8, 4) is 0 Å². The van der Waals surface area contributed by atoms with Gasteiger partial charge >= 0.3 is 0 Å². The minimum atomic E-state index is 0.444. The molecule has 5 rings (SSSR count). The molecule has 4 aliphatic carbocycles. The van der Waals surface area contributed by atoms with E-state index in [0.29, 0.717) is 11.5 Å². The van der Waals surface area contributed by atoms with Gasteiger partial charge < -0.3 is 9.73 Å². The number of rotatable bonds is 5. The molecule has 1 heterocycles. The van der Waals surface area contributed by atoms with Crippen LogP contribution in [0.15, 0.2) is 16.5 Å². The predicted octanol–water partition coefficient (Wildman–Crippen LogP) is 4.85. The summed E-state index contributed by atoms with van der Waals surface area (Å²) in [4.78, 5) is 0. The first-order chi connectivity index (χ1) is 10.2. The molecule has 2 nitrogen and oxygen atoms in total. The molecule has 4 bridgehead atoms. The van der Waals surface area contributed by atoms with E-state index in [1.165, 1.54) is 50.7 Å². The summed E-state index contributed by atoms with van der Waals surface area (Å²) in [5.41, 5.74) is 0.480. The SMILES string of the molecule is CCCNC(c1ccc(C)o1)C12CC3CC(CC(C3)C1)C2. The molecule has 2 heteroatoms. The van der Waals surface area contributed by atoms with Crippen molar-refractivity contribution in [1.82, 2.24) is 5.32 Å². The first kappa shape index (κ1) is 13.9. The van der Waals surface area contributed by atoms with Crippen LogP contribution in [0.5, 0.6) is 0 Å². The lowest BCUT2D eigenvalue weighted by Crippen LogP contribution is -2.52. The van der Waals surface area contributed by atoms with Gasteiger partial charge in [-0.1, -0.05) is 6.92 Å². The number of aryl methyl sites for hydroxylation is 1. The zero-order valence-corrected chi connectivity index (χ0v) is 13.5. The zero-order valence-electron chi connectivity index (χ0n) is 13.5. The van der Waals surface area contributed by atoms with Crippen LogP contribution in [0.4, 0.5) is 0 Å². The van der Waals surface area contributed by atoms with Crippen LogP contribution in [0.1, 0.15) is 69.4 Å². The van der Waals surface area contributed by atoms with Crippen LogP contribution in [0.3, 0.4) is 0 Å². The molecule has 0 aromatic carbocycles. The Bertz CT molecular complexity index is 468. The summed E-state index contributed by atoms with van der Waals surface area (Å²) in [5.74, 6) is 5.25. The van der Waals surface area contributed by atoms with Gasteiger partial charge in [-0.05, 0) is 93.7 Å². The van der Waals surface area contributed by atoms with Crippen molar-refractivity contribution in [3.63, 3.8) is 0 Å². The predicted molar refractivity (Wildman–Crippen MR) is 85.1 cm³/mol. The van der Waals surface area contributed by atoms with E-state index < -0.39 is 0 Å². The normalized spacial score (nSPS) is 38.9. The van der Waals surface area contributed by atoms with Crippen molar-refractivity contribution in [2.75, 3.05) is 6.54 Å². The van der Waals surface area contributed by atoms with Crippen molar-refractivity contribution >= 4 is 0 Å². The van der Waals surface area contributed by atoms with Crippen molar-refractivity contribution in [3.05, 3.63) is 23.7 Å². The molecule has 116 valence electrons. The van der Waals surface area contributed by atoms with E-state index in [4.69, 9.17) is 4.42 Å². The third-order valence-electron chi connectivity index (χ3n) is 6.34. The number of nitrogens with one attached hydrogen (secondary N) is 1. The third-order valence-corrected chi connectivity index (χ3v) is 6.34. The molecular formula is C19H29NO. The molecule has 0 amide bonds. The fourth-order valence-electron chi connectivity index (χ4n) is 6.05. The molecule has 0 saturated heterocycles. The van der Waals surface area contributed by atoms with Crippen LogP contribution in [0.2, 0.25) is 0 Å². The Kier molecular flexibility index (Phi) is 3.40. The fraction of sp³-hybridized carbons (Fsp3) is 0.789. The smallest absolute Gasteiger partial charge is 0.121 e. The highest BCUT2D eigenvalue weighted by atomic mass is 16.3. The average Bonchev–Trinajstić information content (AvgIpc) is 2.84. The maximum absolute atomic E-state index is 6.07. The second-order valence-corrected chi connectivity index (χ2v) is 8.12. The second kappa shape index (κ2) is 5.15. The Balaban J connectivity index is 1.66. The molecule has 4 aliphatic rings. The molecular weight excluding hydrogens is 258 g/mol. The molecule has 1 aromatic heterocycles. The summed E-state index contributed by atoms with van der Waals surface area (Å²) >= 11 is 0. The molecule has 21 heavy (non-hydrogen) atoms. The van der Waals surface area contributed by atoms with E-state index in [9.17, 15) is 0 Å². The molecule has 0 aliphatic heterocycles. The number of furan rings is 1. The Hall–Kier alpha value is -0.760. The maximum Gasteiger partial charge on any atom is 0.121 e. The van der Waals surface area contributed by atoms with Crippen molar-refractivity contribution in [1.29, 1.82) is 0 Å². The van der Waals surface area contributed by atoms with Crippen LogP contribution in [0.25, 0.3) is 0 Å². The lowest BCUT2D eigenvalue weighted by atomic mass is 9.47. The summed E-state index contributed by atoms with van der Waals surface area (Å²) in [6, 6.07) is 4.80. The first-order valence-corrected chi connectivity index (χ1v) is 8.98. The van der Waals surface area contributed by atoms with E-state index in [1.807, 2.05) is 0 Å². The minimum absolute atomic E-state index is 0.444. The van der Waals surface area contributed by atoms with Gasteiger partial charge in [0.2, 0.25) is 0 Å². The molecule has 4 saturated carbocycles. The number of hydrogen-bond donors (Lipinski definition) is 1. The van der Waals surface area contributed by atoms with Gasteiger partial charge in [0.05, 0.1) is 6.04 Å². The van der Waals surface area contributed by atoms with E-state index in [-0.39, 0.29) is 0 Å². The summed E-state index contributed by atoms with van der Waals surface area (Å²) in [6.07, 6.45) is 10.0. The summed E-state index contributed by atoms with van der Waals surface area (Å²) in [5, 5.41) is 3.86. The Morgan fingerprint density at radius 2 is 1.76 bits per heavy atom. The number of hydrogen-bond acceptors (Lipinski definition) is 2. The van der Waals surface area contributed by atoms with Gasteiger partial charge in [-0.15, -0.1) is 0 Å². The van der Waals surface area contributed by atoms with E-state index >= 15 is 0 Å². The van der Waals surface area contributed by atoms with E-state index in [0.717, 1.165) is 30.1 Å². The zero-order chi connectivity index (χ0) is 14.4. The van der Waals surface area contributed by atoms with Gasteiger partial charge in [0.25, 0.3) is 0 Å². The Morgan fingerprint density at radius 1 is 1.14 bits per heavy atom. The average molecular weight is 287 g/mol. The van der Waals surface area contributed by atoms with Gasteiger partial charge in [0.1, 0.15) is 11.5 Å². The van der Waals surface area contributed by atoms with Gasteiger partial charge in [-0.2, -0.15) is 0 Å². The summed E-state index contributed by atoms with van der Waals surface area (Å²) in [6.45, 7) is 5.43. The highest BCUT2D eigenvalue weighted by Crippen LogP contribution is 2.64. The fourth-order valence-corrected chi connectivity index (χ4v) is 6.05. The summed E-state index contributed by atoms with van der Waals surface area (Å²) in [7, 11) is 0. The quantitative estimate of drug-likeness (QED) is 0.838. The lowest BCUT2D eigenvalue weighted by molar-refractivity contribution is -0.0784. The van der Waals surface area contributed by atoms with Crippen LogP contribution in [-0.4, -0.2) is 6.54 Å². The highest BCUT2D eigenvalue weighted by molar-refractivity contribution is 5.17. The monoisotopic (exact) mass is 287 g/mol. The van der Waals surface area contributed by atoms with Gasteiger partial charge in [-0.3, -0.25) is 0 Å². The highest BCUT2D eigenvalue weighted by Gasteiger charge is 2.55. The van der Waals surface area contributed by atoms with Crippen LogP contribution < -0.4 is 5.32 Å². The standard InChI is InChI=1S/C19H29NO/c1-3-6-20-18(17-5-4-13(2)21-17)19-10-14-7-15(11-19)9-16(8-14)12-19/h4-5,14-16,18,20H,3,6-12H2,1-2H3. The van der Waals surface area contributed by atoms with Crippen LogP contribution in [-0.2, 0) is 0 Å². The molecule has 4 fully saturated rings. The van der Waals surface area contributed by atoms with Gasteiger partial charge in [-0.25, -0.2) is 0 Å². The topological polar surface area (TPSA) is 25.2 Å². The molecule has 1 unspecified atom stereocenters. The third kappa shape index (κ3) is 2.36. The van der Waals surface area contributed by atoms with Crippen molar-refractivity contribution in [2.24, 2.45) is 23.2 Å². The van der Waals surface area contributed by atoms with Crippen molar-refractivity contribution in [2.45, 2.75) is 64.8 Å². The molecule has 1 aromatic rings. The Labute approximate surface area is 128 Å². The minimum Gasteiger partial charge on any atom is -0.465 e. The van der Waals surface area contributed by atoms with E-state index in [2.05, 4.69) is 31.3 Å². The van der Waals surface area contributed by atoms with Crippen LogP contribution >= 0.6 is 0 Å². The molecule has 0 spiro atoms. The van der Waals surface area contributed by atoms with Crippen molar-refractivity contribution < 1.29 is 4.42 Å². The lowest BCUT2D eigenvalue weighted by Gasteiger charge is -2.59.